The Morgan fingerprint density at radius 3 is 2.39 bits per heavy atom. The number of amides is 1. The van der Waals surface area contributed by atoms with Crippen molar-refractivity contribution >= 4 is 38.4 Å². The van der Waals surface area contributed by atoms with Gasteiger partial charge in [0.2, 0.25) is 0 Å². The standard InChI is InChI=1S/C22H15F6N3O5S2/c1-11(13-4-2-3-5-14(13)21(23,24)25)35-17-9-18(37-19(17)20(29)32)31-10-30-15-8-12(6-7-16(15)31)36-38(33,34)22(26,27)28/h2-11H,1H3,(H2,29,32)/t11-/m1/s1. The van der Waals surface area contributed by atoms with Gasteiger partial charge in [0.25, 0.3) is 5.91 Å². The van der Waals surface area contributed by atoms with Crippen LogP contribution in [0.2, 0.25) is 0 Å². The molecular formula is C22H15F6N3O5S2. The molecule has 38 heavy (non-hydrogen) atoms. The Hall–Kier alpha value is -3.79. The summed E-state index contributed by atoms with van der Waals surface area (Å²) in [6.45, 7) is 1.37. The summed E-state index contributed by atoms with van der Waals surface area (Å²) in [7, 11) is -5.89. The number of carbonyl (C=O) groups is 1. The Labute approximate surface area is 214 Å². The Morgan fingerprint density at radius 1 is 1.08 bits per heavy atom. The summed E-state index contributed by atoms with van der Waals surface area (Å²) >= 11 is 0.830. The largest absolute Gasteiger partial charge is 0.534 e. The average Bonchev–Trinajstić information content (AvgIpc) is 3.41. The maximum Gasteiger partial charge on any atom is 0.534 e. The lowest BCUT2D eigenvalue weighted by atomic mass is 10.0. The van der Waals surface area contributed by atoms with E-state index in [9.17, 15) is 39.6 Å². The third-order valence-corrected chi connectivity index (χ3v) is 7.27. The van der Waals surface area contributed by atoms with Crippen LogP contribution in [-0.2, 0) is 16.3 Å². The predicted molar refractivity (Wildman–Crippen MR) is 124 cm³/mol. The highest BCUT2D eigenvalue weighted by molar-refractivity contribution is 7.88. The molecule has 0 unspecified atom stereocenters. The number of imidazole rings is 1. The minimum atomic E-state index is -5.89. The summed E-state index contributed by atoms with van der Waals surface area (Å²) in [5.41, 5.74) is -0.937. The van der Waals surface area contributed by atoms with E-state index in [4.69, 9.17) is 10.5 Å². The van der Waals surface area contributed by atoms with Gasteiger partial charge >= 0.3 is 21.8 Å². The Morgan fingerprint density at radius 2 is 1.76 bits per heavy atom. The van der Waals surface area contributed by atoms with Gasteiger partial charge in [-0.25, -0.2) is 4.98 Å². The van der Waals surface area contributed by atoms with Gasteiger partial charge in [0, 0.05) is 17.7 Å². The number of hydrogen-bond acceptors (Lipinski definition) is 7. The smallest absolute Gasteiger partial charge is 0.484 e. The highest BCUT2D eigenvalue weighted by Gasteiger charge is 2.48. The van der Waals surface area contributed by atoms with Gasteiger partial charge in [0.1, 0.15) is 33.8 Å². The normalized spacial score (nSPS) is 13.4. The summed E-state index contributed by atoms with van der Waals surface area (Å²) in [4.78, 5) is 16.0. The molecule has 4 rings (SSSR count). The van der Waals surface area contributed by atoms with Crippen molar-refractivity contribution in [1.82, 2.24) is 9.55 Å². The van der Waals surface area contributed by atoms with Crippen molar-refractivity contribution < 1.29 is 48.5 Å². The minimum absolute atomic E-state index is 0.0452. The molecule has 2 aromatic carbocycles. The number of alkyl halides is 6. The molecule has 0 spiro atoms. The van der Waals surface area contributed by atoms with E-state index in [1.807, 2.05) is 0 Å². The Kier molecular flexibility index (Phi) is 6.82. The number of nitrogens with two attached hydrogens (primary N) is 1. The number of rotatable bonds is 7. The first-order chi connectivity index (χ1) is 17.6. The molecule has 0 radical (unpaired) electrons. The lowest BCUT2D eigenvalue weighted by Crippen LogP contribution is -2.28. The summed E-state index contributed by atoms with van der Waals surface area (Å²) < 4.78 is 112. The van der Waals surface area contributed by atoms with Gasteiger partial charge in [-0.1, -0.05) is 18.2 Å². The van der Waals surface area contributed by atoms with Crippen molar-refractivity contribution in [2.45, 2.75) is 24.7 Å². The van der Waals surface area contributed by atoms with Crippen LogP contribution in [0.5, 0.6) is 11.5 Å². The maximum atomic E-state index is 13.4. The number of carbonyl (C=O) groups excluding carboxylic acids is 1. The van der Waals surface area contributed by atoms with Gasteiger partial charge < -0.3 is 14.7 Å². The third-order valence-electron chi connectivity index (χ3n) is 5.16. The minimum Gasteiger partial charge on any atom is -0.484 e. The van der Waals surface area contributed by atoms with E-state index in [0.29, 0.717) is 0 Å². The molecule has 1 atom stereocenters. The first kappa shape index (κ1) is 27.3. The van der Waals surface area contributed by atoms with Gasteiger partial charge in [-0.05, 0) is 25.1 Å². The highest BCUT2D eigenvalue weighted by atomic mass is 32.2. The molecule has 8 nitrogen and oxygen atoms in total. The van der Waals surface area contributed by atoms with Gasteiger partial charge in [-0.3, -0.25) is 9.36 Å². The van der Waals surface area contributed by atoms with Crippen LogP contribution < -0.4 is 14.7 Å². The third kappa shape index (κ3) is 5.26. The zero-order valence-electron chi connectivity index (χ0n) is 18.9. The van der Waals surface area contributed by atoms with Crippen molar-refractivity contribution in [2.75, 3.05) is 0 Å². The topological polar surface area (TPSA) is 114 Å². The number of primary amides is 1. The second-order valence-corrected chi connectivity index (χ2v) is 10.3. The van der Waals surface area contributed by atoms with Gasteiger partial charge in [-0.2, -0.15) is 34.8 Å². The molecule has 0 aliphatic heterocycles. The number of aromatic nitrogens is 2. The number of nitrogens with zero attached hydrogens (tertiary/aromatic N) is 2. The average molecular weight is 580 g/mol. The van der Waals surface area contributed by atoms with Gasteiger partial charge in [-0.15, -0.1) is 11.3 Å². The van der Waals surface area contributed by atoms with Crippen LogP contribution in [0.15, 0.2) is 54.9 Å². The molecule has 0 aliphatic rings. The fourth-order valence-electron chi connectivity index (χ4n) is 3.50. The monoisotopic (exact) mass is 579 g/mol. The van der Waals surface area contributed by atoms with E-state index >= 15 is 0 Å². The quantitative estimate of drug-likeness (QED) is 0.174. The lowest BCUT2D eigenvalue weighted by Gasteiger charge is -2.19. The summed E-state index contributed by atoms with van der Waals surface area (Å²) in [6, 6.07) is 9.30. The molecule has 2 heterocycles. The van der Waals surface area contributed by atoms with E-state index in [1.165, 1.54) is 48.1 Å². The number of fused-ring (bicyclic) bond motifs is 1. The molecule has 2 aromatic heterocycles. The molecular weight excluding hydrogens is 564 g/mol. The van der Waals surface area contributed by atoms with E-state index in [1.54, 1.807) is 0 Å². The first-order valence-electron chi connectivity index (χ1n) is 10.3. The van der Waals surface area contributed by atoms with Crippen LogP contribution in [0.25, 0.3) is 16.0 Å². The maximum absolute atomic E-state index is 13.4. The molecule has 1 amide bonds. The first-order valence-corrected chi connectivity index (χ1v) is 12.6. The number of ether oxygens (including phenoxy) is 1. The van der Waals surface area contributed by atoms with Crippen LogP contribution in [0.4, 0.5) is 26.3 Å². The Balaban J connectivity index is 1.68. The SMILES string of the molecule is C[C@@H](Oc1cc(-n2cnc3cc(OS(=O)(=O)C(F)(F)F)ccc32)sc1C(N)=O)c1ccccc1C(F)(F)F. The molecule has 0 aliphatic carbocycles. The summed E-state index contributed by atoms with van der Waals surface area (Å²) in [5.74, 6) is -1.64. The van der Waals surface area contributed by atoms with Crippen LogP contribution in [0.1, 0.15) is 33.8 Å². The van der Waals surface area contributed by atoms with Crippen molar-refractivity contribution in [3.05, 3.63) is 70.9 Å². The second-order valence-electron chi connectivity index (χ2n) is 7.74. The molecule has 4 aromatic rings. The lowest BCUT2D eigenvalue weighted by molar-refractivity contribution is -0.139. The highest BCUT2D eigenvalue weighted by Crippen LogP contribution is 2.39. The van der Waals surface area contributed by atoms with Crippen molar-refractivity contribution in [1.29, 1.82) is 0 Å². The van der Waals surface area contributed by atoms with Crippen molar-refractivity contribution in [3.63, 3.8) is 0 Å². The number of benzene rings is 2. The van der Waals surface area contributed by atoms with E-state index in [2.05, 4.69) is 9.17 Å². The molecule has 0 bridgehead atoms. The fraction of sp³-hybridized carbons (Fsp3) is 0.182. The van der Waals surface area contributed by atoms with Gasteiger partial charge in [0.05, 0.1) is 16.6 Å². The molecule has 0 saturated heterocycles. The molecule has 16 heteroatoms. The Bertz CT molecular complexity index is 1630. The van der Waals surface area contributed by atoms with Crippen LogP contribution in [0, 0.1) is 0 Å². The van der Waals surface area contributed by atoms with Gasteiger partial charge in [0.15, 0.2) is 0 Å². The van der Waals surface area contributed by atoms with Crippen LogP contribution in [0.3, 0.4) is 0 Å². The summed E-state index contributed by atoms with van der Waals surface area (Å²) in [6.07, 6.45) is -4.54. The molecule has 2 N–H and O–H groups in total. The van der Waals surface area contributed by atoms with E-state index in [-0.39, 0.29) is 32.2 Å². The zero-order valence-corrected chi connectivity index (χ0v) is 20.5. The number of halogens is 6. The predicted octanol–water partition coefficient (Wildman–Crippen LogP) is 5.57. The zero-order chi connectivity index (χ0) is 28.0. The van der Waals surface area contributed by atoms with E-state index < -0.39 is 45.1 Å². The van der Waals surface area contributed by atoms with Crippen molar-refractivity contribution in [2.24, 2.45) is 5.73 Å². The molecule has 0 saturated carbocycles. The van der Waals surface area contributed by atoms with E-state index in [0.717, 1.165) is 29.5 Å². The second kappa shape index (κ2) is 9.50. The van der Waals surface area contributed by atoms with Crippen LogP contribution >= 0.6 is 11.3 Å². The van der Waals surface area contributed by atoms with Crippen LogP contribution in [-0.4, -0.2) is 29.4 Å². The molecule has 202 valence electrons. The summed E-state index contributed by atoms with van der Waals surface area (Å²) in [5, 5.41) is 0.282. The fourth-order valence-corrected chi connectivity index (χ4v) is 4.88. The van der Waals surface area contributed by atoms with Crippen molar-refractivity contribution in [3.8, 4) is 16.5 Å². The molecule has 0 fully saturated rings. The number of thiophene rings is 1. The number of hydrogen-bond donors (Lipinski definition) is 1.